The zero-order valence-electron chi connectivity index (χ0n) is 14.5. The van der Waals surface area contributed by atoms with Gasteiger partial charge in [0.25, 0.3) is 5.91 Å². The van der Waals surface area contributed by atoms with Crippen molar-refractivity contribution >= 4 is 17.5 Å². The molecule has 25 heavy (non-hydrogen) atoms. The number of amides is 1. The molecule has 2 heterocycles. The molecule has 0 spiro atoms. The number of fused-ring (bicyclic) bond motifs is 1. The topological polar surface area (TPSA) is 51.0 Å². The fraction of sp³-hybridized carbons (Fsp3) is 0.526. The monoisotopic (exact) mass is 358 g/mol. The minimum atomic E-state index is 0.00908. The van der Waals surface area contributed by atoms with Gasteiger partial charge >= 0.3 is 0 Å². The maximum absolute atomic E-state index is 13.0. The van der Waals surface area contributed by atoms with Gasteiger partial charge in [0.15, 0.2) is 5.69 Å². The highest BCUT2D eigenvalue weighted by atomic mass is 35.5. The predicted molar refractivity (Wildman–Crippen MR) is 97.1 cm³/mol. The highest BCUT2D eigenvalue weighted by Gasteiger charge is 2.34. The molecule has 0 bridgehead atoms. The maximum atomic E-state index is 13.0. The van der Waals surface area contributed by atoms with Crippen molar-refractivity contribution in [3.05, 3.63) is 40.7 Å². The number of benzene rings is 1. The summed E-state index contributed by atoms with van der Waals surface area (Å²) in [7, 11) is 0. The Morgan fingerprint density at radius 1 is 1.16 bits per heavy atom. The Kier molecular flexibility index (Phi) is 4.50. The van der Waals surface area contributed by atoms with Gasteiger partial charge in [0, 0.05) is 18.1 Å². The highest BCUT2D eigenvalue weighted by Crippen LogP contribution is 2.36. The number of aryl methyl sites for hydroxylation is 1. The second-order valence-electron chi connectivity index (χ2n) is 7.25. The van der Waals surface area contributed by atoms with Crippen LogP contribution in [0.5, 0.6) is 0 Å². The Bertz CT molecular complexity index is 787. The molecule has 0 unspecified atom stereocenters. The smallest absolute Gasteiger partial charge is 0.276 e. The van der Waals surface area contributed by atoms with E-state index in [2.05, 4.69) is 10.2 Å². The normalized spacial score (nSPS) is 23.4. The summed E-state index contributed by atoms with van der Waals surface area (Å²) in [4.78, 5) is 16.5. The first-order valence-electron chi connectivity index (χ1n) is 9.11. The van der Waals surface area contributed by atoms with E-state index in [-0.39, 0.29) is 5.91 Å². The van der Waals surface area contributed by atoms with Crippen LogP contribution in [0.1, 0.15) is 48.3 Å². The van der Waals surface area contributed by atoms with Gasteiger partial charge in [-0.3, -0.25) is 4.79 Å². The van der Waals surface area contributed by atoms with Gasteiger partial charge in [-0.05, 0) is 49.8 Å². The largest absolute Gasteiger partial charge is 0.337 e. The molecule has 1 amide bonds. The first-order valence-corrected chi connectivity index (χ1v) is 9.49. The van der Waals surface area contributed by atoms with Crippen molar-refractivity contribution < 1.29 is 4.79 Å². The van der Waals surface area contributed by atoms with Crippen molar-refractivity contribution in [1.29, 1.82) is 0 Å². The molecule has 6 heteroatoms. The van der Waals surface area contributed by atoms with Gasteiger partial charge in [0.05, 0.1) is 11.4 Å². The highest BCUT2D eigenvalue weighted by molar-refractivity contribution is 6.30. The Hall–Kier alpha value is -1.88. The summed E-state index contributed by atoms with van der Waals surface area (Å²) in [5, 5.41) is 9.50. The first-order chi connectivity index (χ1) is 12.1. The van der Waals surface area contributed by atoms with Gasteiger partial charge in [-0.1, -0.05) is 36.9 Å². The molecule has 1 aliphatic carbocycles. The molecule has 1 aliphatic heterocycles. The van der Waals surface area contributed by atoms with Gasteiger partial charge in [0.2, 0.25) is 0 Å². The molecule has 132 valence electrons. The molecule has 4 rings (SSSR count). The number of likely N-dealkylation sites (tertiary alicyclic amines) is 1. The lowest BCUT2D eigenvalue weighted by Gasteiger charge is -2.41. The first kappa shape index (κ1) is 16.6. The van der Waals surface area contributed by atoms with Crippen LogP contribution in [0.25, 0.3) is 5.69 Å². The number of carbonyl (C=O) groups excluding carboxylic acids is 1. The molecule has 1 saturated heterocycles. The lowest BCUT2D eigenvalue weighted by Crippen LogP contribution is -2.45. The van der Waals surface area contributed by atoms with Crippen LogP contribution in [-0.4, -0.2) is 38.9 Å². The van der Waals surface area contributed by atoms with Gasteiger partial charge < -0.3 is 4.90 Å². The van der Waals surface area contributed by atoms with Crippen LogP contribution < -0.4 is 0 Å². The summed E-state index contributed by atoms with van der Waals surface area (Å²) in [6.07, 6.45) is 6.35. The van der Waals surface area contributed by atoms with Crippen LogP contribution >= 0.6 is 11.6 Å². The number of hydrogen-bond donors (Lipinski definition) is 0. The molecular weight excluding hydrogens is 336 g/mol. The molecule has 0 N–H and O–H groups in total. The van der Waals surface area contributed by atoms with E-state index in [1.807, 2.05) is 30.0 Å². The summed E-state index contributed by atoms with van der Waals surface area (Å²) in [5.74, 6) is 1.48. The van der Waals surface area contributed by atoms with Crippen molar-refractivity contribution in [1.82, 2.24) is 19.9 Å². The number of halogens is 1. The molecule has 2 aliphatic rings. The van der Waals surface area contributed by atoms with Crippen LogP contribution in [0, 0.1) is 18.8 Å². The van der Waals surface area contributed by atoms with E-state index in [4.69, 9.17) is 11.6 Å². The number of nitrogens with zero attached hydrogens (tertiary/aromatic N) is 4. The van der Waals surface area contributed by atoms with E-state index in [0.29, 0.717) is 22.3 Å². The summed E-state index contributed by atoms with van der Waals surface area (Å²) < 4.78 is 0. The molecule has 2 atom stereocenters. The quantitative estimate of drug-likeness (QED) is 0.818. The second-order valence-corrected chi connectivity index (χ2v) is 7.68. The Labute approximate surface area is 153 Å². The van der Waals surface area contributed by atoms with E-state index in [0.717, 1.165) is 31.1 Å². The fourth-order valence-corrected chi connectivity index (χ4v) is 4.41. The molecule has 2 fully saturated rings. The average Bonchev–Trinajstić information content (AvgIpc) is 3.02. The van der Waals surface area contributed by atoms with Gasteiger partial charge in [-0.15, -0.1) is 5.10 Å². The molecule has 1 aromatic heterocycles. The van der Waals surface area contributed by atoms with Crippen molar-refractivity contribution in [2.45, 2.75) is 39.0 Å². The van der Waals surface area contributed by atoms with Crippen LogP contribution in [0.15, 0.2) is 24.3 Å². The lowest BCUT2D eigenvalue weighted by atomic mass is 9.75. The van der Waals surface area contributed by atoms with E-state index < -0.39 is 0 Å². The van der Waals surface area contributed by atoms with Gasteiger partial charge in [-0.25, -0.2) is 0 Å². The minimum Gasteiger partial charge on any atom is -0.337 e. The summed E-state index contributed by atoms with van der Waals surface area (Å²) in [5.41, 5.74) is 1.88. The maximum Gasteiger partial charge on any atom is 0.276 e. The fourth-order valence-electron chi connectivity index (χ4n) is 4.23. The number of aromatic nitrogens is 3. The van der Waals surface area contributed by atoms with Gasteiger partial charge in [-0.2, -0.15) is 9.90 Å². The van der Waals surface area contributed by atoms with E-state index in [9.17, 15) is 4.79 Å². The Morgan fingerprint density at radius 3 is 2.76 bits per heavy atom. The minimum absolute atomic E-state index is 0.00908. The van der Waals surface area contributed by atoms with Crippen molar-refractivity contribution in [3.8, 4) is 5.69 Å². The number of rotatable bonds is 2. The Balaban J connectivity index is 1.54. The molecule has 0 radical (unpaired) electrons. The van der Waals surface area contributed by atoms with Crippen molar-refractivity contribution in [2.24, 2.45) is 11.8 Å². The number of hydrogen-bond acceptors (Lipinski definition) is 3. The van der Waals surface area contributed by atoms with Crippen molar-refractivity contribution in [3.63, 3.8) is 0 Å². The average molecular weight is 359 g/mol. The third-order valence-electron chi connectivity index (χ3n) is 5.60. The van der Waals surface area contributed by atoms with Gasteiger partial charge in [0.1, 0.15) is 0 Å². The SMILES string of the molecule is Cc1nn(-c2cccc(Cl)c2)nc1C(=O)N1CC[C@H]2CCCC[C@@H]2C1. The molecule has 1 saturated carbocycles. The number of piperidine rings is 1. The zero-order valence-corrected chi connectivity index (χ0v) is 15.2. The molecule has 2 aromatic rings. The predicted octanol–water partition coefficient (Wildman–Crippen LogP) is 3.88. The third kappa shape index (κ3) is 3.30. The molecule has 5 nitrogen and oxygen atoms in total. The van der Waals surface area contributed by atoms with Crippen LogP contribution in [0.3, 0.4) is 0 Å². The second kappa shape index (κ2) is 6.79. The number of carbonyl (C=O) groups is 1. The van der Waals surface area contributed by atoms with E-state index >= 15 is 0 Å². The van der Waals surface area contributed by atoms with Crippen LogP contribution in [0.4, 0.5) is 0 Å². The van der Waals surface area contributed by atoms with Crippen LogP contribution in [0.2, 0.25) is 5.02 Å². The Morgan fingerprint density at radius 2 is 1.96 bits per heavy atom. The zero-order chi connectivity index (χ0) is 17.4. The summed E-state index contributed by atoms with van der Waals surface area (Å²) in [6.45, 7) is 3.55. The lowest BCUT2D eigenvalue weighted by molar-refractivity contribution is 0.0514. The molecular formula is C19H23ClN4O. The molecule has 1 aromatic carbocycles. The summed E-state index contributed by atoms with van der Waals surface area (Å²) >= 11 is 6.05. The summed E-state index contributed by atoms with van der Waals surface area (Å²) in [6, 6.07) is 7.34. The standard InChI is InChI=1S/C19H23ClN4O/c1-13-18(22-24(21-13)17-8-4-7-16(20)11-17)19(25)23-10-9-14-5-2-3-6-15(14)12-23/h4,7-8,11,14-15H,2-3,5-6,9-10,12H2,1H3/t14-,15-/m1/s1. The van der Waals surface area contributed by atoms with Crippen LogP contribution in [-0.2, 0) is 0 Å². The van der Waals surface area contributed by atoms with Crippen molar-refractivity contribution in [2.75, 3.05) is 13.1 Å². The van der Waals surface area contributed by atoms with E-state index in [1.165, 1.54) is 30.5 Å². The third-order valence-corrected chi connectivity index (χ3v) is 5.84. The van der Waals surface area contributed by atoms with E-state index in [1.54, 1.807) is 6.07 Å².